The molecule has 0 saturated carbocycles. The summed E-state index contributed by atoms with van der Waals surface area (Å²) in [5, 5.41) is 13.5. The van der Waals surface area contributed by atoms with E-state index >= 15 is 4.39 Å². The van der Waals surface area contributed by atoms with E-state index in [2.05, 4.69) is 19.2 Å². The molecule has 1 saturated heterocycles. The van der Waals surface area contributed by atoms with Crippen molar-refractivity contribution in [2.75, 3.05) is 31.1 Å². The maximum absolute atomic E-state index is 15.2. The van der Waals surface area contributed by atoms with E-state index in [4.69, 9.17) is 25.8 Å². The van der Waals surface area contributed by atoms with Gasteiger partial charge in [0.1, 0.15) is 39.2 Å². The van der Waals surface area contributed by atoms with Crippen LogP contribution in [0.4, 0.5) is 32.8 Å². The van der Waals surface area contributed by atoms with Crippen molar-refractivity contribution in [1.82, 2.24) is 24.6 Å². The van der Waals surface area contributed by atoms with Gasteiger partial charge in [0.25, 0.3) is 5.88 Å². The van der Waals surface area contributed by atoms with Gasteiger partial charge in [-0.1, -0.05) is 11.6 Å². The van der Waals surface area contributed by atoms with Crippen LogP contribution in [0.5, 0.6) is 17.5 Å². The second kappa shape index (κ2) is 13.4. The third kappa shape index (κ3) is 7.69. The molecule has 0 N–H and O–H groups in total. The molecule has 15 nitrogen and oxygen atoms in total. The first kappa shape index (κ1) is 38.1. The number of pyridine rings is 2. The summed E-state index contributed by atoms with van der Waals surface area (Å²) in [5.74, 6) is -3.32. The molecule has 0 unspecified atom stereocenters. The quantitative estimate of drug-likeness (QED) is 0.122. The number of benzene rings is 1. The third-order valence-electron chi connectivity index (χ3n) is 7.13. The standard InChI is InChI=1S/C31H30ClF4N7O8S/c1-29(2,3)49-27(44)42-11-9-41(10-12-42)23-16-7-8-38-26(22(16)40-25(17(23)14-37)51-52(46,47)31(34,35)36)48-24-18-15-39-43(28(45)50-30(4,5)6)20(18)13-19(33)21(24)32/h7-8,13,15H,9-12H2,1-6H3. The van der Waals surface area contributed by atoms with E-state index in [9.17, 15) is 36.4 Å². The number of fused-ring (bicyclic) bond motifs is 2. The average molecular weight is 772 g/mol. The number of rotatable bonds is 5. The Morgan fingerprint density at radius 2 is 1.58 bits per heavy atom. The molecule has 4 heterocycles. The van der Waals surface area contributed by atoms with Crippen LogP contribution in [0.3, 0.4) is 0 Å². The molecule has 0 atom stereocenters. The minimum absolute atomic E-state index is 0.00277. The van der Waals surface area contributed by atoms with Gasteiger partial charge in [-0.05, 0) is 47.6 Å². The molecule has 1 amide bonds. The van der Waals surface area contributed by atoms with Crippen LogP contribution in [0.2, 0.25) is 5.02 Å². The summed E-state index contributed by atoms with van der Waals surface area (Å²) in [5.41, 5.74) is -9.02. The molecule has 1 aromatic carbocycles. The number of carbonyl (C=O) groups excluding carboxylic acids is 2. The van der Waals surface area contributed by atoms with Crippen molar-refractivity contribution in [2.45, 2.75) is 58.3 Å². The Labute approximate surface area is 298 Å². The molecular formula is C31H30ClF4N7O8S. The van der Waals surface area contributed by atoms with Crippen molar-refractivity contribution in [3.63, 3.8) is 0 Å². The highest BCUT2D eigenvalue weighted by molar-refractivity contribution is 7.88. The van der Waals surface area contributed by atoms with Gasteiger partial charge in [0.2, 0.25) is 5.88 Å². The van der Waals surface area contributed by atoms with Crippen LogP contribution in [0.25, 0.3) is 21.8 Å². The summed E-state index contributed by atoms with van der Waals surface area (Å²) in [6, 6.07) is 3.91. The van der Waals surface area contributed by atoms with Gasteiger partial charge in [0.05, 0.1) is 22.8 Å². The topological polar surface area (TPSA) is 179 Å². The lowest BCUT2D eigenvalue weighted by molar-refractivity contribution is -0.0501. The van der Waals surface area contributed by atoms with Gasteiger partial charge in [-0.2, -0.15) is 36.6 Å². The van der Waals surface area contributed by atoms with E-state index < -0.39 is 78.4 Å². The van der Waals surface area contributed by atoms with Gasteiger partial charge in [-0.15, -0.1) is 0 Å². The first-order valence-corrected chi connectivity index (χ1v) is 17.0. The van der Waals surface area contributed by atoms with E-state index in [1.54, 1.807) is 47.6 Å². The maximum Gasteiger partial charge on any atom is 0.534 e. The predicted molar refractivity (Wildman–Crippen MR) is 176 cm³/mol. The molecule has 278 valence electrons. The van der Waals surface area contributed by atoms with Gasteiger partial charge in [-0.25, -0.2) is 23.9 Å². The number of aromatic nitrogens is 4. The highest BCUT2D eigenvalue weighted by Crippen LogP contribution is 2.43. The normalized spacial score (nSPS) is 14.3. The SMILES string of the molecule is CC(C)(C)OC(=O)N1CCN(c2c(C#N)c(OS(=O)(=O)C(F)(F)F)nc3c(Oc4c(Cl)c(F)cc5c4cnn5C(=O)OC(C)(C)C)nccc23)CC1. The van der Waals surface area contributed by atoms with Gasteiger partial charge in [-0.3, -0.25) is 0 Å². The largest absolute Gasteiger partial charge is 0.534 e. The zero-order valence-corrected chi connectivity index (χ0v) is 29.9. The lowest BCUT2D eigenvalue weighted by Crippen LogP contribution is -2.50. The van der Waals surface area contributed by atoms with Crippen LogP contribution < -0.4 is 13.8 Å². The van der Waals surface area contributed by atoms with Crippen molar-refractivity contribution >= 4 is 61.4 Å². The molecule has 5 rings (SSSR count). The minimum Gasteiger partial charge on any atom is -0.444 e. The number of halogens is 5. The summed E-state index contributed by atoms with van der Waals surface area (Å²) in [7, 11) is -6.36. The van der Waals surface area contributed by atoms with Gasteiger partial charge < -0.3 is 28.2 Å². The number of alkyl halides is 3. The van der Waals surface area contributed by atoms with E-state index in [1.165, 1.54) is 22.1 Å². The molecule has 1 aliphatic heterocycles. The Hall–Kier alpha value is -5.16. The zero-order valence-electron chi connectivity index (χ0n) is 28.3. The van der Waals surface area contributed by atoms with Crippen LogP contribution >= 0.6 is 11.6 Å². The molecule has 1 aliphatic rings. The smallest absolute Gasteiger partial charge is 0.444 e. The van der Waals surface area contributed by atoms with Crippen LogP contribution in [-0.2, 0) is 19.6 Å². The zero-order chi connectivity index (χ0) is 38.6. The Kier molecular flexibility index (Phi) is 9.84. The predicted octanol–water partition coefficient (Wildman–Crippen LogP) is 6.50. The second-order valence-corrected chi connectivity index (χ2v) is 15.2. The monoisotopic (exact) mass is 771 g/mol. The maximum atomic E-state index is 15.2. The fourth-order valence-electron chi connectivity index (χ4n) is 5.01. The molecule has 4 aromatic rings. The number of nitrogens with zero attached hydrogens (tertiary/aromatic N) is 7. The van der Waals surface area contributed by atoms with Crippen molar-refractivity contribution in [2.24, 2.45) is 0 Å². The van der Waals surface area contributed by atoms with Gasteiger partial charge >= 0.3 is 27.8 Å². The molecule has 0 aliphatic carbocycles. The Morgan fingerprint density at radius 1 is 0.962 bits per heavy atom. The Bertz CT molecular complexity index is 2240. The number of piperazine rings is 1. The molecule has 52 heavy (non-hydrogen) atoms. The van der Waals surface area contributed by atoms with Gasteiger partial charge in [0.15, 0.2) is 5.75 Å². The summed E-state index contributed by atoms with van der Waals surface area (Å²) >= 11 is 6.29. The lowest BCUT2D eigenvalue weighted by atomic mass is 10.1. The van der Waals surface area contributed by atoms with Crippen molar-refractivity contribution in [3.05, 3.63) is 40.9 Å². The molecule has 0 bridgehead atoms. The average Bonchev–Trinajstić information content (AvgIpc) is 3.44. The summed E-state index contributed by atoms with van der Waals surface area (Å²) in [4.78, 5) is 36.4. The second-order valence-electron chi connectivity index (χ2n) is 13.3. The molecular weight excluding hydrogens is 742 g/mol. The number of carbonyl (C=O) groups is 2. The fourth-order valence-corrected chi connectivity index (χ4v) is 5.63. The lowest BCUT2D eigenvalue weighted by Gasteiger charge is -2.37. The Morgan fingerprint density at radius 3 is 2.15 bits per heavy atom. The summed E-state index contributed by atoms with van der Waals surface area (Å²) < 4.78 is 102. The number of anilines is 1. The first-order valence-electron chi connectivity index (χ1n) is 15.2. The number of hydrogen-bond acceptors (Lipinski definition) is 13. The van der Waals surface area contributed by atoms with E-state index in [1.807, 2.05) is 0 Å². The highest BCUT2D eigenvalue weighted by Gasteiger charge is 2.49. The van der Waals surface area contributed by atoms with Crippen molar-refractivity contribution < 1.29 is 54.0 Å². The van der Waals surface area contributed by atoms with E-state index in [0.29, 0.717) is 0 Å². The van der Waals surface area contributed by atoms with Crippen LogP contribution in [-0.4, -0.2) is 88.1 Å². The molecule has 0 radical (unpaired) electrons. The van der Waals surface area contributed by atoms with Crippen LogP contribution in [0, 0.1) is 17.1 Å². The number of amides is 1. The number of ether oxygens (including phenoxy) is 3. The molecule has 0 spiro atoms. The van der Waals surface area contributed by atoms with E-state index in [0.717, 1.165) is 16.9 Å². The number of nitriles is 1. The summed E-state index contributed by atoms with van der Waals surface area (Å²) in [6.07, 6.45) is 0.711. The van der Waals surface area contributed by atoms with E-state index in [-0.39, 0.29) is 48.2 Å². The minimum atomic E-state index is -6.36. The van der Waals surface area contributed by atoms with Crippen molar-refractivity contribution in [1.29, 1.82) is 5.26 Å². The summed E-state index contributed by atoms with van der Waals surface area (Å²) in [6.45, 7) is 9.93. The Balaban J connectivity index is 1.66. The highest BCUT2D eigenvalue weighted by atomic mass is 35.5. The molecule has 1 fully saturated rings. The molecule has 3 aromatic heterocycles. The van der Waals surface area contributed by atoms with Crippen LogP contribution in [0.1, 0.15) is 47.1 Å². The molecule has 21 heteroatoms. The number of hydrogen-bond donors (Lipinski definition) is 0. The van der Waals surface area contributed by atoms with Crippen molar-refractivity contribution in [3.8, 4) is 23.6 Å². The van der Waals surface area contributed by atoms with Crippen LogP contribution in [0.15, 0.2) is 24.5 Å². The first-order chi connectivity index (χ1) is 24.0. The fraction of sp³-hybridized carbons (Fsp3) is 0.419. The third-order valence-corrected chi connectivity index (χ3v) is 8.43. The van der Waals surface area contributed by atoms with Gasteiger partial charge in [0, 0.05) is 43.8 Å².